The minimum atomic E-state index is -1.59. The van der Waals surface area contributed by atoms with Crippen LogP contribution in [0.1, 0.15) is 16.7 Å². The van der Waals surface area contributed by atoms with E-state index >= 15 is 0 Å². The molecule has 0 unspecified atom stereocenters. The topological polar surface area (TPSA) is 257 Å². The molecule has 3 aromatic carbocycles. The third kappa shape index (κ3) is 14.8. The van der Waals surface area contributed by atoms with E-state index in [1.165, 1.54) is 6.07 Å². The number of anilines is 2. The summed E-state index contributed by atoms with van der Waals surface area (Å²) in [6.45, 7) is 0.694. The largest absolute Gasteiger partial charge is 0.399 e. The van der Waals surface area contributed by atoms with Gasteiger partial charge in [-0.3, -0.25) is 0 Å². The highest BCUT2D eigenvalue weighted by molar-refractivity contribution is 5.46. The molecule has 0 aromatic heterocycles. The predicted molar refractivity (Wildman–Crippen MR) is 157 cm³/mol. The standard InChI is InChI=1S/C8H10FN.2C7H10N2.C6H15NO5/c9-8-4-2-1-3-7(8)5-6-10;8-5-6-1-3-7(9)4-2-6;8-5-6-3-1-2-4-7(6)9;7-1-3(9)5(11)6(12)4(10)2-8/h1-4H,5-6,10H2;2*1-4H,5,8-9H2;3-6,8-12H,1-2,7H2/t;;;3-,4+,5+,6+/m...0/s1. The van der Waals surface area contributed by atoms with Crippen molar-refractivity contribution in [3.63, 3.8) is 0 Å². The van der Waals surface area contributed by atoms with E-state index in [9.17, 15) is 4.39 Å². The van der Waals surface area contributed by atoms with Gasteiger partial charge in [0.1, 0.15) is 24.1 Å². The minimum Gasteiger partial charge on any atom is -0.399 e. The van der Waals surface area contributed by atoms with Crippen molar-refractivity contribution in [1.82, 2.24) is 0 Å². The van der Waals surface area contributed by atoms with Gasteiger partial charge in [0.2, 0.25) is 0 Å². The molecule has 0 amide bonds. The molecule has 224 valence electrons. The molecule has 0 heterocycles. The Bertz CT molecular complexity index is 1030. The summed E-state index contributed by atoms with van der Waals surface area (Å²) < 4.78 is 12.7. The summed E-state index contributed by atoms with van der Waals surface area (Å²) in [5, 5.41) is 44.2. The van der Waals surface area contributed by atoms with Gasteiger partial charge in [-0.25, -0.2) is 4.39 Å². The predicted octanol–water partition coefficient (Wildman–Crippen LogP) is -0.837. The average Bonchev–Trinajstić information content (AvgIpc) is 2.98. The molecule has 0 bridgehead atoms. The fourth-order valence-corrected chi connectivity index (χ4v) is 2.93. The SMILES string of the molecule is NCCc1ccccc1F.NC[C@H](O)[C@@H](O)[C@H](O)[C@H](O)CO.NCc1ccc(N)cc1.NCc1ccccc1N. The molecule has 0 aliphatic carbocycles. The summed E-state index contributed by atoms with van der Waals surface area (Å²) in [5.74, 6) is -0.159. The van der Waals surface area contributed by atoms with E-state index < -0.39 is 31.0 Å². The maximum absolute atomic E-state index is 12.7. The van der Waals surface area contributed by atoms with Crippen molar-refractivity contribution < 1.29 is 29.9 Å². The van der Waals surface area contributed by atoms with Crippen LogP contribution in [0.15, 0.2) is 72.8 Å². The van der Waals surface area contributed by atoms with Crippen LogP contribution in [0.4, 0.5) is 15.8 Å². The highest BCUT2D eigenvalue weighted by atomic mass is 19.1. The van der Waals surface area contributed by atoms with E-state index in [0.29, 0.717) is 31.6 Å². The van der Waals surface area contributed by atoms with Gasteiger partial charge in [-0.2, -0.15) is 0 Å². The number of aliphatic hydroxyl groups is 5. The molecule has 40 heavy (non-hydrogen) atoms. The first-order valence-corrected chi connectivity index (χ1v) is 12.6. The lowest BCUT2D eigenvalue weighted by atomic mass is 10.0. The normalized spacial score (nSPS) is 13.2. The van der Waals surface area contributed by atoms with Crippen molar-refractivity contribution in [2.24, 2.45) is 22.9 Å². The van der Waals surface area contributed by atoms with Gasteiger partial charge in [0.15, 0.2) is 0 Å². The molecule has 11 nitrogen and oxygen atoms in total. The fourth-order valence-electron chi connectivity index (χ4n) is 2.93. The van der Waals surface area contributed by atoms with E-state index in [1.54, 1.807) is 12.1 Å². The molecular formula is C28H45FN6O5. The smallest absolute Gasteiger partial charge is 0.126 e. The van der Waals surface area contributed by atoms with Gasteiger partial charge in [0.05, 0.1) is 12.7 Å². The van der Waals surface area contributed by atoms with Crippen LogP contribution in [0.3, 0.4) is 0 Å². The zero-order valence-corrected chi connectivity index (χ0v) is 22.6. The number of benzene rings is 3. The van der Waals surface area contributed by atoms with Gasteiger partial charge < -0.3 is 59.9 Å². The Balaban J connectivity index is 0.000000510. The van der Waals surface area contributed by atoms with E-state index in [1.807, 2.05) is 54.6 Å². The molecule has 17 N–H and O–H groups in total. The monoisotopic (exact) mass is 564 g/mol. The Morgan fingerprint density at radius 3 is 1.60 bits per heavy atom. The molecule has 0 spiro atoms. The Labute approximate surface area is 234 Å². The highest BCUT2D eigenvalue weighted by Gasteiger charge is 2.28. The van der Waals surface area contributed by atoms with Crippen LogP contribution in [-0.4, -0.2) is 69.6 Å². The van der Waals surface area contributed by atoms with Crippen molar-refractivity contribution in [1.29, 1.82) is 0 Å². The van der Waals surface area contributed by atoms with Crippen molar-refractivity contribution in [2.75, 3.05) is 31.2 Å². The Hall–Kier alpha value is -3.17. The second kappa shape index (κ2) is 21.6. The van der Waals surface area contributed by atoms with Gasteiger partial charge in [0, 0.05) is 31.0 Å². The number of aliphatic hydroxyl groups excluding tert-OH is 5. The number of nitrogens with two attached hydrogens (primary N) is 6. The molecule has 0 saturated heterocycles. The number of hydrogen-bond donors (Lipinski definition) is 11. The quantitative estimate of drug-likeness (QED) is 0.143. The molecule has 0 saturated carbocycles. The lowest BCUT2D eigenvalue weighted by Crippen LogP contribution is -2.48. The zero-order chi connectivity index (χ0) is 30.5. The molecule has 0 aliphatic rings. The van der Waals surface area contributed by atoms with E-state index in [2.05, 4.69) is 0 Å². The second-order valence-corrected chi connectivity index (χ2v) is 8.51. The Morgan fingerprint density at radius 2 is 1.18 bits per heavy atom. The van der Waals surface area contributed by atoms with Crippen LogP contribution in [0, 0.1) is 5.82 Å². The third-order valence-electron chi connectivity index (χ3n) is 5.43. The maximum atomic E-state index is 12.7. The first kappa shape index (κ1) is 36.8. The summed E-state index contributed by atoms with van der Waals surface area (Å²) in [7, 11) is 0. The first-order chi connectivity index (χ1) is 19.1. The van der Waals surface area contributed by atoms with E-state index in [4.69, 9.17) is 59.9 Å². The second-order valence-electron chi connectivity index (χ2n) is 8.51. The third-order valence-corrected chi connectivity index (χ3v) is 5.43. The molecule has 12 heteroatoms. The molecule has 3 rings (SSSR count). The number of nitrogen functional groups attached to an aromatic ring is 2. The number of halogens is 1. The number of para-hydroxylation sites is 1. The maximum Gasteiger partial charge on any atom is 0.126 e. The Kier molecular flexibility index (Phi) is 19.9. The van der Waals surface area contributed by atoms with Gasteiger partial charge in [-0.05, 0) is 53.9 Å². The number of hydrogen-bond acceptors (Lipinski definition) is 11. The summed E-state index contributed by atoms with van der Waals surface area (Å²) in [4.78, 5) is 0. The lowest BCUT2D eigenvalue weighted by Gasteiger charge is -2.24. The summed E-state index contributed by atoms with van der Waals surface area (Å²) in [6.07, 6.45) is -5.29. The van der Waals surface area contributed by atoms with Crippen molar-refractivity contribution in [3.05, 3.63) is 95.3 Å². The Morgan fingerprint density at radius 1 is 0.650 bits per heavy atom. The van der Waals surface area contributed by atoms with Crippen LogP contribution in [0.5, 0.6) is 0 Å². The average molecular weight is 565 g/mol. The van der Waals surface area contributed by atoms with Crippen LogP contribution in [0.2, 0.25) is 0 Å². The molecule has 3 aromatic rings. The summed E-state index contributed by atoms with van der Waals surface area (Å²) in [5.41, 5.74) is 36.4. The van der Waals surface area contributed by atoms with Gasteiger partial charge >= 0.3 is 0 Å². The summed E-state index contributed by atoms with van der Waals surface area (Å²) in [6, 6.07) is 21.8. The van der Waals surface area contributed by atoms with Crippen molar-refractivity contribution in [2.45, 2.75) is 43.9 Å². The van der Waals surface area contributed by atoms with Crippen molar-refractivity contribution >= 4 is 11.4 Å². The summed E-state index contributed by atoms with van der Waals surface area (Å²) >= 11 is 0. The lowest BCUT2D eigenvalue weighted by molar-refractivity contribution is -0.112. The van der Waals surface area contributed by atoms with Crippen molar-refractivity contribution in [3.8, 4) is 0 Å². The van der Waals surface area contributed by atoms with Gasteiger partial charge in [-0.15, -0.1) is 0 Å². The van der Waals surface area contributed by atoms with Crippen LogP contribution in [0.25, 0.3) is 0 Å². The van der Waals surface area contributed by atoms with E-state index in [-0.39, 0.29) is 12.4 Å². The van der Waals surface area contributed by atoms with E-state index in [0.717, 1.165) is 22.5 Å². The van der Waals surface area contributed by atoms with Crippen LogP contribution in [-0.2, 0) is 19.5 Å². The molecule has 0 radical (unpaired) electrons. The van der Waals surface area contributed by atoms with Gasteiger partial charge in [0.25, 0.3) is 0 Å². The fraction of sp³-hybridized carbons (Fsp3) is 0.357. The van der Waals surface area contributed by atoms with Crippen LogP contribution < -0.4 is 34.4 Å². The van der Waals surface area contributed by atoms with Gasteiger partial charge in [-0.1, -0.05) is 48.5 Å². The molecular weight excluding hydrogens is 519 g/mol. The first-order valence-electron chi connectivity index (χ1n) is 12.6. The minimum absolute atomic E-state index is 0.159. The highest BCUT2D eigenvalue weighted by Crippen LogP contribution is 2.08. The van der Waals surface area contributed by atoms with Crippen LogP contribution >= 0.6 is 0 Å². The molecule has 4 atom stereocenters. The molecule has 0 aliphatic heterocycles. The number of rotatable bonds is 9. The molecule has 0 fully saturated rings. The zero-order valence-electron chi connectivity index (χ0n) is 22.6.